The molecule has 4 nitrogen and oxygen atoms in total. The van der Waals surface area contributed by atoms with E-state index in [-0.39, 0.29) is 40.9 Å². The van der Waals surface area contributed by atoms with E-state index in [1.54, 1.807) is 18.3 Å². The quantitative estimate of drug-likeness (QED) is 0.476. The summed E-state index contributed by atoms with van der Waals surface area (Å²) in [6.07, 6.45) is 8.18. The number of hydrogen-bond donors (Lipinski definition) is 0. The van der Waals surface area contributed by atoms with Gasteiger partial charge in [-0.1, -0.05) is 35.9 Å². The van der Waals surface area contributed by atoms with Crippen LogP contribution in [0.2, 0.25) is 5.02 Å². The molecular formula is C18H15ClN2O2. The SMILES string of the molecule is O=C1[C@@H]2[C@@H](C(=O)N1/N=C\c1ccc(Cl)cc1)[C@H]1C=C[C@H]2C12CC2. The molecule has 4 atom stereocenters. The van der Waals surface area contributed by atoms with Gasteiger partial charge in [0.25, 0.3) is 11.8 Å². The molecule has 5 rings (SSSR count). The average Bonchev–Trinajstić information content (AvgIpc) is 3.15. The van der Waals surface area contributed by atoms with Crippen LogP contribution in [0.15, 0.2) is 41.5 Å². The molecule has 116 valence electrons. The third-order valence-electron chi connectivity index (χ3n) is 6.02. The van der Waals surface area contributed by atoms with Crippen LogP contribution in [0.4, 0.5) is 0 Å². The van der Waals surface area contributed by atoms with Crippen molar-refractivity contribution in [3.05, 3.63) is 47.0 Å². The molecular weight excluding hydrogens is 312 g/mol. The van der Waals surface area contributed by atoms with Gasteiger partial charge >= 0.3 is 0 Å². The Kier molecular flexibility index (Phi) is 2.54. The van der Waals surface area contributed by atoms with Gasteiger partial charge in [-0.25, -0.2) is 0 Å². The van der Waals surface area contributed by atoms with E-state index >= 15 is 0 Å². The van der Waals surface area contributed by atoms with E-state index in [0.717, 1.165) is 23.4 Å². The van der Waals surface area contributed by atoms with Crippen LogP contribution in [0.1, 0.15) is 18.4 Å². The first kappa shape index (κ1) is 13.5. The van der Waals surface area contributed by atoms with Crippen LogP contribution in [0.25, 0.3) is 0 Å². The minimum Gasteiger partial charge on any atom is -0.272 e. The second-order valence-electron chi connectivity index (χ2n) is 7.01. The van der Waals surface area contributed by atoms with Crippen molar-refractivity contribution in [3.63, 3.8) is 0 Å². The van der Waals surface area contributed by atoms with E-state index in [1.807, 2.05) is 12.1 Å². The summed E-state index contributed by atoms with van der Waals surface area (Å²) in [5, 5.41) is 5.90. The Hall–Kier alpha value is -1.94. The van der Waals surface area contributed by atoms with Crippen LogP contribution in [-0.2, 0) is 9.59 Å². The fourth-order valence-corrected chi connectivity index (χ4v) is 4.98. The van der Waals surface area contributed by atoms with Crippen LogP contribution >= 0.6 is 11.6 Å². The average molecular weight is 327 g/mol. The zero-order chi connectivity index (χ0) is 15.8. The fourth-order valence-electron chi connectivity index (χ4n) is 4.85. The highest BCUT2D eigenvalue weighted by molar-refractivity contribution is 6.30. The molecule has 4 aliphatic rings. The van der Waals surface area contributed by atoms with Crippen molar-refractivity contribution in [2.45, 2.75) is 12.8 Å². The normalized spacial score (nSPS) is 35.8. The highest BCUT2D eigenvalue weighted by Gasteiger charge is 2.73. The van der Waals surface area contributed by atoms with Gasteiger partial charge in [-0.3, -0.25) is 9.59 Å². The lowest BCUT2D eigenvalue weighted by atomic mass is 9.85. The molecule has 1 heterocycles. The summed E-state index contributed by atoms with van der Waals surface area (Å²) in [5.74, 6) is -0.166. The molecule has 1 aromatic carbocycles. The minimum absolute atomic E-state index is 0.131. The summed E-state index contributed by atoms with van der Waals surface area (Å²) in [7, 11) is 0. The van der Waals surface area contributed by atoms with Gasteiger partial charge in [0.1, 0.15) is 0 Å². The van der Waals surface area contributed by atoms with E-state index in [1.165, 1.54) is 0 Å². The number of carbonyl (C=O) groups excluding carboxylic acids is 2. The van der Waals surface area contributed by atoms with Crippen LogP contribution in [0.5, 0.6) is 0 Å². The Morgan fingerprint density at radius 2 is 1.61 bits per heavy atom. The van der Waals surface area contributed by atoms with Gasteiger partial charge in [0.2, 0.25) is 0 Å². The summed E-state index contributed by atoms with van der Waals surface area (Å²) in [6.45, 7) is 0. The Bertz CT molecular complexity index is 745. The van der Waals surface area contributed by atoms with Crippen molar-refractivity contribution >= 4 is 29.6 Å². The van der Waals surface area contributed by atoms with Gasteiger partial charge in [-0.05, 0) is 47.8 Å². The zero-order valence-electron chi connectivity index (χ0n) is 12.4. The van der Waals surface area contributed by atoms with Crippen molar-refractivity contribution < 1.29 is 9.59 Å². The number of amides is 2. The van der Waals surface area contributed by atoms with Crippen molar-refractivity contribution in [2.75, 3.05) is 0 Å². The minimum atomic E-state index is -0.192. The maximum atomic E-state index is 12.7. The number of allylic oxidation sites excluding steroid dienone is 2. The molecule has 1 saturated heterocycles. The van der Waals surface area contributed by atoms with Crippen LogP contribution in [0, 0.1) is 29.1 Å². The number of rotatable bonds is 2. The Labute approximate surface area is 138 Å². The Morgan fingerprint density at radius 3 is 2.13 bits per heavy atom. The molecule has 1 spiro atoms. The van der Waals surface area contributed by atoms with Gasteiger partial charge in [0.15, 0.2) is 0 Å². The molecule has 1 aliphatic heterocycles. The van der Waals surface area contributed by atoms with Gasteiger partial charge in [-0.2, -0.15) is 10.1 Å². The maximum Gasteiger partial charge on any atom is 0.254 e. The van der Waals surface area contributed by atoms with Gasteiger partial charge < -0.3 is 0 Å². The lowest BCUT2D eigenvalue weighted by molar-refractivity contribution is -0.141. The monoisotopic (exact) mass is 326 g/mol. The van der Waals surface area contributed by atoms with Crippen molar-refractivity contribution in [1.82, 2.24) is 5.01 Å². The topological polar surface area (TPSA) is 49.7 Å². The first-order chi connectivity index (χ1) is 11.1. The third kappa shape index (κ3) is 1.65. The molecule has 2 amide bonds. The standard InChI is InChI=1S/C18H15ClN2O2/c19-11-3-1-10(2-4-11)9-20-21-16(22)14-12-5-6-13(15(14)17(21)23)18(12)7-8-18/h1-6,9,12-15H,7-8H2/b20-9-/t12-,13-,14+,15+/m1/s1. The second kappa shape index (κ2) is 4.32. The molecule has 0 radical (unpaired) electrons. The summed E-state index contributed by atoms with van der Waals surface area (Å²) in [6, 6.07) is 7.13. The lowest BCUT2D eigenvalue weighted by Gasteiger charge is -2.18. The molecule has 2 saturated carbocycles. The number of hydrazone groups is 1. The molecule has 0 unspecified atom stereocenters. The Balaban J connectivity index is 1.43. The predicted molar refractivity (Wildman–Crippen MR) is 85.7 cm³/mol. The number of halogens is 1. The summed E-state index contributed by atoms with van der Waals surface area (Å²) >= 11 is 5.85. The van der Waals surface area contributed by atoms with E-state index < -0.39 is 0 Å². The molecule has 3 aliphatic carbocycles. The number of nitrogens with zero attached hydrogens (tertiary/aromatic N) is 2. The summed E-state index contributed by atoms with van der Waals surface area (Å²) in [4.78, 5) is 25.4. The molecule has 5 heteroatoms. The van der Waals surface area contributed by atoms with Gasteiger partial charge in [0.05, 0.1) is 18.1 Å². The Morgan fingerprint density at radius 1 is 1.04 bits per heavy atom. The third-order valence-corrected chi connectivity index (χ3v) is 6.27. The second-order valence-corrected chi connectivity index (χ2v) is 7.44. The van der Waals surface area contributed by atoms with Gasteiger partial charge in [-0.15, -0.1) is 0 Å². The first-order valence-corrected chi connectivity index (χ1v) is 8.35. The molecule has 3 fully saturated rings. The molecule has 0 N–H and O–H groups in total. The van der Waals surface area contributed by atoms with Crippen molar-refractivity contribution in [3.8, 4) is 0 Å². The largest absolute Gasteiger partial charge is 0.272 e. The van der Waals surface area contributed by atoms with E-state index in [4.69, 9.17) is 11.6 Å². The molecule has 0 aromatic heterocycles. The predicted octanol–water partition coefficient (Wildman–Crippen LogP) is 2.87. The molecule has 23 heavy (non-hydrogen) atoms. The molecule has 1 aromatic rings. The highest BCUT2D eigenvalue weighted by Crippen LogP contribution is 2.73. The number of hydrogen-bond acceptors (Lipinski definition) is 3. The number of imide groups is 1. The first-order valence-electron chi connectivity index (χ1n) is 7.97. The van der Waals surface area contributed by atoms with Crippen LogP contribution in [0.3, 0.4) is 0 Å². The smallest absolute Gasteiger partial charge is 0.254 e. The van der Waals surface area contributed by atoms with E-state index in [2.05, 4.69) is 17.3 Å². The molecule has 2 bridgehead atoms. The maximum absolute atomic E-state index is 12.7. The number of fused-ring (bicyclic) bond motifs is 3. The fraction of sp³-hybridized carbons (Fsp3) is 0.389. The van der Waals surface area contributed by atoms with Crippen LogP contribution < -0.4 is 0 Å². The zero-order valence-corrected chi connectivity index (χ0v) is 13.1. The van der Waals surface area contributed by atoms with E-state index in [0.29, 0.717) is 5.02 Å². The van der Waals surface area contributed by atoms with E-state index in [9.17, 15) is 9.59 Å². The summed E-state index contributed by atoms with van der Waals surface area (Å²) in [5.41, 5.74) is 1.04. The number of carbonyl (C=O) groups is 2. The van der Waals surface area contributed by atoms with Crippen LogP contribution in [-0.4, -0.2) is 23.0 Å². The highest BCUT2D eigenvalue weighted by atomic mass is 35.5. The lowest BCUT2D eigenvalue weighted by Crippen LogP contribution is -2.30. The van der Waals surface area contributed by atoms with Crippen molar-refractivity contribution in [2.24, 2.45) is 34.2 Å². The van der Waals surface area contributed by atoms with Crippen molar-refractivity contribution in [1.29, 1.82) is 0 Å². The number of benzene rings is 1. The van der Waals surface area contributed by atoms with Gasteiger partial charge in [0, 0.05) is 5.02 Å². The summed E-state index contributed by atoms with van der Waals surface area (Å²) < 4.78 is 0.